The lowest BCUT2D eigenvalue weighted by molar-refractivity contribution is -0.118. The SMILES string of the molecule is COc1ccc(C(=O)N/C(=C/c2ccco2)C(=O)NCc2ccco2)cc1. The van der Waals surface area contributed by atoms with E-state index in [1.165, 1.54) is 18.6 Å². The molecule has 0 aliphatic rings. The van der Waals surface area contributed by atoms with Crippen molar-refractivity contribution in [3.8, 4) is 5.75 Å². The van der Waals surface area contributed by atoms with Gasteiger partial charge in [0.2, 0.25) is 0 Å². The molecular formula is C20H18N2O5. The molecular weight excluding hydrogens is 348 g/mol. The third-order valence-corrected chi connectivity index (χ3v) is 3.68. The van der Waals surface area contributed by atoms with Crippen molar-refractivity contribution in [2.75, 3.05) is 7.11 Å². The van der Waals surface area contributed by atoms with Crippen molar-refractivity contribution in [1.29, 1.82) is 0 Å². The Balaban J connectivity index is 1.74. The van der Waals surface area contributed by atoms with E-state index in [9.17, 15) is 9.59 Å². The van der Waals surface area contributed by atoms with Gasteiger partial charge in [0.05, 0.1) is 26.2 Å². The summed E-state index contributed by atoms with van der Waals surface area (Å²) >= 11 is 0. The average molecular weight is 366 g/mol. The number of methoxy groups -OCH3 is 1. The van der Waals surface area contributed by atoms with E-state index in [0.29, 0.717) is 22.8 Å². The summed E-state index contributed by atoms with van der Waals surface area (Å²) in [5.41, 5.74) is 0.442. The molecule has 1 aromatic carbocycles. The Labute approximate surface area is 155 Å². The molecule has 2 N–H and O–H groups in total. The van der Waals surface area contributed by atoms with E-state index in [-0.39, 0.29) is 12.2 Å². The first-order valence-electron chi connectivity index (χ1n) is 8.17. The summed E-state index contributed by atoms with van der Waals surface area (Å²) in [4.78, 5) is 25.0. The fraction of sp³-hybridized carbons (Fsp3) is 0.100. The minimum absolute atomic E-state index is 0.0531. The first-order valence-corrected chi connectivity index (χ1v) is 8.17. The smallest absolute Gasteiger partial charge is 0.268 e. The van der Waals surface area contributed by atoms with Crippen LogP contribution in [0.25, 0.3) is 6.08 Å². The maximum atomic E-state index is 12.5. The van der Waals surface area contributed by atoms with Crippen LogP contribution < -0.4 is 15.4 Å². The maximum Gasteiger partial charge on any atom is 0.268 e. The van der Waals surface area contributed by atoms with E-state index in [0.717, 1.165) is 0 Å². The zero-order valence-corrected chi connectivity index (χ0v) is 14.6. The molecule has 0 saturated heterocycles. The van der Waals surface area contributed by atoms with Gasteiger partial charge in [0.1, 0.15) is 23.0 Å². The molecule has 0 unspecified atom stereocenters. The van der Waals surface area contributed by atoms with Crippen molar-refractivity contribution < 1.29 is 23.2 Å². The van der Waals surface area contributed by atoms with Gasteiger partial charge in [0.15, 0.2) is 0 Å². The summed E-state index contributed by atoms with van der Waals surface area (Å²) in [6.07, 6.45) is 4.46. The molecule has 0 bridgehead atoms. The largest absolute Gasteiger partial charge is 0.497 e. The fourth-order valence-corrected chi connectivity index (χ4v) is 2.29. The maximum absolute atomic E-state index is 12.5. The Morgan fingerprint density at radius 1 is 1.04 bits per heavy atom. The third-order valence-electron chi connectivity index (χ3n) is 3.68. The van der Waals surface area contributed by atoms with Gasteiger partial charge >= 0.3 is 0 Å². The number of rotatable bonds is 7. The molecule has 0 radical (unpaired) electrons. The van der Waals surface area contributed by atoms with Crippen LogP contribution in [-0.4, -0.2) is 18.9 Å². The average Bonchev–Trinajstić information content (AvgIpc) is 3.39. The highest BCUT2D eigenvalue weighted by atomic mass is 16.5. The number of hydrogen-bond donors (Lipinski definition) is 2. The molecule has 0 aliphatic carbocycles. The quantitative estimate of drug-likeness (QED) is 0.627. The number of ether oxygens (including phenoxy) is 1. The minimum atomic E-state index is -0.468. The van der Waals surface area contributed by atoms with E-state index in [4.69, 9.17) is 13.6 Å². The zero-order chi connectivity index (χ0) is 19.1. The molecule has 0 saturated carbocycles. The van der Waals surface area contributed by atoms with Gasteiger partial charge in [0.25, 0.3) is 11.8 Å². The summed E-state index contributed by atoms with van der Waals surface area (Å²) in [5, 5.41) is 5.31. The summed E-state index contributed by atoms with van der Waals surface area (Å²) in [5.74, 6) is 0.776. The molecule has 0 atom stereocenters. The Morgan fingerprint density at radius 3 is 2.41 bits per heavy atom. The van der Waals surface area contributed by atoms with Gasteiger partial charge in [-0.2, -0.15) is 0 Å². The normalized spacial score (nSPS) is 11.1. The van der Waals surface area contributed by atoms with Gasteiger partial charge < -0.3 is 24.2 Å². The lowest BCUT2D eigenvalue weighted by Crippen LogP contribution is -2.34. The van der Waals surface area contributed by atoms with Gasteiger partial charge in [-0.15, -0.1) is 0 Å². The summed E-state index contributed by atoms with van der Waals surface area (Å²) < 4.78 is 15.5. The second-order valence-electron chi connectivity index (χ2n) is 5.52. The first-order chi connectivity index (χ1) is 13.2. The molecule has 7 heteroatoms. The van der Waals surface area contributed by atoms with Crippen LogP contribution >= 0.6 is 0 Å². The van der Waals surface area contributed by atoms with Crippen molar-refractivity contribution in [1.82, 2.24) is 10.6 Å². The molecule has 2 heterocycles. The number of benzene rings is 1. The van der Waals surface area contributed by atoms with Crippen LogP contribution in [0.2, 0.25) is 0 Å². The van der Waals surface area contributed by atoms with Gasteiger partial charge in [-0.05, 0) is 48.5 Å². The monoisotopic (exact) mass is 366 g/mol. The van der Waals surface area contributed by atoms with Gasteiger partial charge in [-0.1, -0.05) is 0 Å². The first kappa shape index (κ1) is 18.1. The van der Waals surface area contributed by atoms with E-state index in [1.807, 2.05) is 0 Å². The lowest BCUT2D eigenvalue weighted by Gasteiger charge is -2.10. The molecule has 2 amide bonds. The molecule has 0 fully saturated rings. The zero-order valence-electron chi connectivity index (χ0n) is 14.6. The molecule has 3 aromatic rings. The molecule has 3 rings (SSSR count). The van der Waals surface area contributed by atoms with E-state index >= 15 is 0 Å². The van der Waals surface area contributed by atoms with Crippen LogP contribution in [0, 0.1) is 0 Å². The van der Waals surface area contributed by atoms with Crippen molar-refractivity contribution in [3.63, 3.8) is 0 Å². The van der Waals surface area contributed by atoms with Crippen LogP contribution in [0.1, 0.15) is 21.9 Å². The highest BCUT2D eigenvalue weighted by Crippen LogP contribution is 2.12. The summed E-state index contributed by atoms with van der Waals surface area (Å²) in [6, 6.07) is 13.4. The van der Waals surface area contributed by atoms with Gasteiger partial charge in [-0.25, -0.2) is 0 Å². The standard InChI is InChI=1S/C20H18N2O5/c1-25-15-8-6-14(7-9-15)19(23)22-18(12-16-4-2-10-26-16)20(24)21-13-17-5-3-11-27-17/h2-12H,13H2,1H3,(H,21,24)(H,22,23)/b18-12+. The van der Waals surface area contributed by atoms with Crippen LogP contribution in [0.5, 0.6) is 5.75 Å². The van der Waals surface area contributed by atoms with Crippen molar-refractivity contribution >= 4 is 17.9 Å². The summed E-state index contributed by atoms with van der Waals surface area (Å²) in [7, 11) is 1.54. The third kappa shape index (κ3) is 4.88. The Bertz CT molecular complexity index is 910. The Kier molecular flexibility index (Phi) is 5.73. The Morgan fingerprint density at radius 2 is 1.78 bits per heavy atom. The van der Waals surface area contributed by atoms with Crippen LogP contribution in [0.15, 0.2) is 75.6 Å². The van der Waals surface area contributed by atoms with Gasteiger partial charge in [0, 0.05) is 11.6 Å². The molecule has 138 valence electrons. The Hall–Kier alpha value is -3.74. The van der Waals surface area contributed by atoms with E-state index in [2.05, 4.69) is 10.6 Å². The predicted octanol–water partition coefficient (Wildman–Crippen LogP) is 2.97. The number of carbonyl (C=O) groups excluding carboxylic acids is 2. The number of amides is 2. The van der Waals surface area contributed by atoms with Crippen LogP contribution in [-0.2, 0) is 11.3 Å². The van der Waals surface area contributed by atoms with Crippen LogP contribution in [0.4, 0.5) is 0 Å². The molecule has 0 aliphatic heterocycles. The van der Waals surface area contributed by atoms with Crippen molar-refractivity contribution in [2.45, 2.75) is 6.54 Å². The molecule has 27 heavy (non-hydrogen) atoms. The second kappa shape index (κ2) is 8.57. The lowest BCUT2D eigenvalue weighted by atomic mass is 10.2. The fourth-order valence-electron chi connectivity index (χ4n) is 2.29. The number of carbonyl (C=O) groups is 2. The van der Waals surface area contributed by atoms with Crippen molar-refractivity contribution in [3.05, 3.63) is 83.8 Å². The number of hydrogen-bond acceptors (Lipinski definition) is 5. The van der Waals surface area contributed by atoms with E-state index < -0.39 is 11.8 Å². The highest BCUT2D eigenvalue weighted by Gasteiger charge is 2.15. The number of furan rings is 2. The van der Waals surface area contributed by atoms with E-state index in [1.54, 1.807) is 55.6 Å². The number of nitrogens with one attached hydrogen (secondary N) is 2. The highest BCUT2D eigenvalue weighted by molar-refractivity contribution is 6.05. The summed E-state index contributed by atoms with van der Waals surface area (Å²) in [6.45, 7) is 0.194. The molecule has 0 spiro atoms. The van der Waals surface area contributed by atoms with Crippen LogP contribution in [0.3, 0.4) is 0 Å². The minimum Gasteiger partial charge on any atom is -0.497 e. The molecule has 2 aromatic heterocycles. The second-order valence-corrected chi connectivity index (χ2v) is 5.52. The van der Waals surface area contributed by atoms with Gasteiger partial charge in [-0.3, -0.25) is 9.59 Å². The predicted molar refractivity (Wildman–Crippen MR) is 97.7 cm³/mol. The topological polar surface area (TPSA) is 93.7 Å². The molecule has 7 nitrogen and oxygen atoms in total. The van der Waals surface area contributed by atoms with Crippen molar-refractivity contribution in [2.24, 2.45) is 0 Å².